The van der Waals surface area contributed by atoms with Gasteiger partial charge in [-0.25, -0.2) is 0 Å². The van der Waals surface area contributed by atoms with Crippen LogP contribution in [0.15, 0.2) is 24.3 Å². The van der Waals surface area contributed by atoms with Crippen molar-refractivity contribution >= 4 is 17.8 Å². The number of nitrogens with zero attached hydrogens (tertiary/aromatic N) is 4. The van der Waals surface area contributed by atoms with Crippen molar-refractivity contribution in [2.45, 2.75) is 6.92 Å². The highest BCUT2D eigenvalue weighted by atomic mass is 16.1. The van der Waals surface area contributed by atoms with E-state index in [1.165, 1.54) is 12.2 Å². The summed E-state index contributed by atoms with van der Waals surface area (Å²) in [5.41, 5.74) is 0.270. The van der Waals surface area contributed by atoms with Gasteiger partial charge in [0.05, 0.1) is 0 Å². The van der Waals surface area contributed by atoms with Crippen molar-refractivity contribution in [2.24, 2.45) is 0 Å². The molecule has 0 aliphatic rings. The first-order valence-corrected chi connectivity index (χ1v) is 5.48. The number of allylic oxidation sites excluding steroid dienone is 1. The van der Waals surface area contributed by atoms with Gasteiger partial charge in [-0.2, -0.15) is 15.0 Å². The summed E-state index contributed by atoms with van der Waals surface area (Å²) in [6, 6.07) is 0. The fraction of sp³-hybridized carbons (Fsp3) is 0.231. The third-order valence-electron chi connectivity index (χ3n) is 2.08. The van der Waals surface area contributed by atoms with Crippen LogP contribution in [0, 0.1) is 19.3 Å². The van der Waals surface area contributed by atoms with Crippen molar-refractivity contribution in [2.75, 3.05) is 24.3 Å². The van der Waals surface area contributed by atoms with Gasteiger partial charge < -0.3 is 4.90 Å². The maximum atomic E-state index is 11.9. The van der Waals surface area contributed by atoms with E-state index in [2.05, 4.69) is 32.8 Å². The van der Waals surface area contributed by atoms with E-state index in [-0.39, 0.29) is 11.5 Å². The normalized spacial score (nSPS) is 10.5. The summed E-state index contributed by atoms with van der Waals surface area (Å²) in [5, 5.41) is 2.55. The van der Waals surface area contributed by atoms with Crippen molar-refractivity contribution in [3.05, 3.63) is 30.1 Å². The van der Waals surface area contributed by atoms with Crippen LogP contribution in [0.5, 0.6) is 0 Å². The summed E-state index contributed by atoms with van der Waals surface area (Å²) in [6.45, 7) is 5.24. The SMILES string of the molecule is C#C/C=C(\C=C)C(=O)Nc1nc(C)nc(N(C)C)n1. The predicted molar refractivity (Wildman–Crippen MR) is 74.6 cm³/mol. The molecule has 0 unspecified atom stereocenters. The fourth-order valence-electron chi connectivity index (χ4n) is 1.20. The van der Waals surface area contributed by atoms with E-state index in [1.54, 1.807) is 25.9 Å². The summed E-state index contributed by atoms with van der Waals surface area (Å²) in [7, 11) is 3.60. The standard InChI is InChI=1S/C13H15N5O/c1-6-8-10(7-2)11(19)16-12-14-9(3)15-13(17-12)18(4)5/h1,7-8H,2H2,3-5H3,(H,14,15,16,17,19)/b10-8+. The number of terminal acetylenes is 1. The van der Waals surface area contributed by atoms with Gasteiger partial charge in [0.1, 0.15) is 5.82 Å². The smallest absolute Gasteiger partial charge is 0.258 e. The molecule has 0 fully saturated rings. The molecule has 98 valence electrons. The van der Waals surface area contributed by atoms with E-state index in [1.807, 2.05) is 0 Å². The maximum Gasteiger partial charge on any atom is 0.258 e. The number of rotatable bonds is 4. The van der Waals surface area contributed by atoms with Gasteiger partial charge >= 0.3 is 0 Å². The minimum atomic E-state index is -0.414. The molecule has 0 saturated heterocycles. The van der Waals surface area contributed by atoms with Gasteiger partial charge in [-0.1, -0.05) is 18.6 Å². The second-order valence-corrected chi connectivity index (χ2v) is 3.83. The van der Waals surface area contributed by atoms with Crippen LogP contribution in [-0.4, -0.2) is 35.0 Å². The molecular weight excluding hydrogens is 242 g/mol. The zero-order valence-electron chi connectivity index (χ0n) is 11.1. The zero-order valence-corrected chi connectivity index (χ0v) is 11.1. The average molecular weight is 257 g/mol. The van der Waals surface area contributed by atoms with E-state index in [9.17, 15) is 4.79 Å². The van der Waals surface area contributed by atoms with Crippen molar-refractivity contribution in [1.82, 2.24) is 15.0 Å². The third-order valence-corrected chi connectivity index (χ3v) is 2.08. The number of aromatic nitrogens is 3. The number of aryl methyl sites for hydroxylation is 1. The second kappa shape index (κ2) is 6.31. The Bertz CT molecular complexity index is 569. The summed E-state index contributed by atoms with van der Waals surface area (Å²) in [6.07, 6.45) is 7.82. The van der Waals surface area contributed by atoms with Crippen LogP contribution < -0.4 is 10.2 Å². The Labute approximate surface area is 112 Å². The summed E-state index contributed by atoms with van der Waals surface area (Å²) >= 11 is 0. The minimum Gasteiger partial charge on any atom is -0.347 e. The highest BCUT2D eigenvalue weighted by Crippen LogP contribution is 2.09. The molecule has 1 N–H and O–H groups in total. The van der Waals surface area contributed by atoms with E-state index in [4.69, 9.17) is 6.42 Å². The number of hydrogen-bond donors (Lipinski definition) is 1. The number of amides is 1. The summed E-state index contributed by atoms with van der Waals surface area (Å²) < 4.78 is 0. The largest absolute Gasteiger partial charge is 0.347 e. The molecule has 0 aliphatic heterocycles. The molecule has 0 atom stereocenters. The topological polar surface area (TPSA) is 71.0 Å². The van der Waals surface area contributed by atoms with E-state index in [0.717, 1.165) is 0 Å². The Balaban J connectivity index is 3.00. The first-order chi connectivity index (χ1) is 8.97. The molecule has 1 heterocycles. The minimum absolute atomic E-state index is 0.172. The number of nitrogens with one attached hydrogen (secondary N) is 1. The monoisotopic (exact) mass is 257 g/mol. The van der Waals surface area contributed by atoms with Crippen LogP contribution in [0.1, 0.15) is 5.82 Å². The van der Waals surface area contributed by atoms with Crippen LogP contribution in [0.3, 0.4) is 0 Å². The van der Waals surface area contributed by atoms with Gasteiger partial charge in [-0.15, -0.1) is 6.42 Å². The number of carbonyl (C=O) groups excluding carboxylic acids is 1. The maximum absolute atomic E-state index is 11.9. The molecule has 1 amide bonds. The lowest BCUT2D eigenvalue weighted by Crippen LogP contribution is -2.19. The quantitative estimate of drug-likeness (QED) is 0.493. The number of carbonyl (C=O) groups is 1. The molecule has 6 nitrogen and oxygen atoms in total. The molecule has 1 rings (SSSR count). The average Bonchev–Trinajstić information content (AvgIpc) is 2.34. The van der Waals surface area contributed by atoms with Gasteiger partial charge in [0.15, 0.2) is 0 Å². The van der Waals surface area contributed by atoms with Crippen LogP contribution >= 0.6 is 0 Å². The molecule has 1 aromatic heterocycles. The molecule has 19 heavy (non-hydrogen) atoms. The predicted octanol–water partition coefficient (Wildman–Crippen LogP) is 0.930. The van der Waals surface area contributed by atoms with Gasteiger partial charge in [0.25, 0.3) is 5.91 Å². The molecule has 0 radical (unpaired) electrons. The Kier molecular flexibility index (Phi) is 4.77. The highest BCUT2D eigenvalue weighted by Gasteiger charge is 2.10. The van der Waals surface area contributed by atoms with Crippen molar-refractivity contribution in [3.8, 4) is 12.3 Å². The number of anilines is 2. The third kappa shape index (κ3) is 3.92. The van der Waals surface area contributed by atoms with Gasteiger partial charge in [0, 0.05) is 25.7 Å². The summed E-state index contributed by atoms with van der Waals surface area (Å²) in [4.78, 5) is 25.9. The van der Waals surface area contributed by atoms with Crippen LogP contribution in [0.4, 0.5) is 11.9 Å². The van der Waals surface area contributed by atoms with E-state index >= 15 is 0 Å². The lowest BCUT2D eigenvalue weighted by Gasteiger charge is -2.11. The van der Waals surface area contributed by atoms with Gasteiger partial charge in [-0.3, -0.25) is 10.1 Å². The molecule has 0 bridgehead atoms. The fourth-order valence-corrected chi connectivity index (χ4v) is 1.20. The highest BCUT2D eigenvalue weighted by molar-refractivity contribution is 6.05. The Morgan fingerprint density at radius 3 is 2.63 bits per heavy atom. The van der Waals surface area contributed by atoms with Gasteiger partial charge in [0.2, 0.25) is 11.9 Å². The van der Waals surface area contributed by atoms with Gasteiger partial charge in [-0.05, 0) is 6.92 Å². The molecule has 0 saturated carbocycles. The van der Waals surface area contributed by atoms with Crippen LogP contribution in [0.2, 0.25) is 0 Å². The van der Waals surface area contributed by atoms with E-state index < -0.39 is 5.91 Å². The molecule has 0 spiro atoms. The lowest BCUT2D eigenvalue weighted by molar-refractivity contribution is -0.112. The molecule has 6 heteroatoms. The molecule has 0 aliphatic carbocycles. The van der Waals surface area contributed by atoms with Crippen molar-refractivity contribution in [3.63, 3.8) is 0 Å². The van der Waals surface area contributed by atoms with Crippen molar-refractivity contribution in [1.29, 1.82) is 0 Å². The summed E-state index contributed by atoms with van der Waals surface area (Å²) in [5.74, 6) is 3.00. The molecule has 1 aromatic rings. The molecular formula is C13H15N5O. The lowest BCUT2D eigenvalue weighted by atomic mass is 10.2. The second-order valence-electron chi connectivity index (χ2n) is 3.83. The first kappa shape index (κ1) is 14.4. The van der Waals surface area contributed by atoms with Crippen LogP contribution in [0.25, 0.3) is 0 Å². The van der Waals surface area contributed by atoms with Crippen LogP contribution in [-0.2, 0) is 4.79 Å². The zero-order chi connectivity index (χ0) is 14.4. The van der Waals surface area contributed by atoms with E-state index in [0.29, 0.717) is 11.8 Å². The van der Waals surface area contributed by atoms with Crippen molar-refractivity contribution < 1.29 is 4.79 Å². The Morgan fingerprint density at radius 1 is 1.42 bits per heavy atom. The Hall–Kier alpha value is -2.68. The first-order valence-electron chi connectivity index (χ1n) is 5.48. The Morgan fingerprint density at radius 2 is 2.11 bits per heavy atom. The molecule has 0 aromatic carbocycles. The number of hydrogen-bond acceptors (Lipinski definition) is 5.